The first-order valence-corrected chi connectivity index (χ1v) is 8.53. The zero-order valence-electron chi connectivity index (χ0n) is 14.1. The third-order valence-electron chi connectivity index (χ3n) is 3.72. The molecule has 0 saturated carbocycles. The molecule has 0 saturated heterocycles. The number of halogens is 3. The van der Waals surface area contributed by atoms with Crippen LogP contribution in [-0.2, 0) is 0 Å². The topological polar surface area (TPSA) is 65.5 Å². The third-order valence-corrected chi connectivity index (χ3v) is 4.98. The van der Waals surface area contributed by atoms with Crippen LogP contribution in [0.2, 0.25) is 5.02 Å². The first-order chi connectivity index (χ1) is 12.5. The van der Waals surface area contributed by atoms with Gasteiger partial charge in [0.05, 0.1) is 37.4 Å². The van der Waals surface area contributed by atoms with E-state index in [4.69, 9.17) is 25.8 Å². The molecule has 0 unspecified atom stereocenters. The Bertz CT molecular complexity index is 987. The highest BCUT2D eigenvalue weighted by molar-refractivity contribution is 9.10. The molecule has 26 heavy (non-hydrogen) atoms. The Kier molecular flexibility index (Phi) is 5.33. The quantitative estimate of drug-likeness (QED) is 0.564. The molecule has 0 bridgehead atoms. The molecular formula is C17H14BrClFN3O3. The molecule has 0 aliphatic rings. The number of aromatic nitrogens is 2. The van der Waals surface area contributed by atoms with Gasteiger partial charge in [0.2, 0.25) is 5.75 Å². The van der Waals surface area contributed by atoms with Crippen molar-refractivity contribution in [2.45, 2.75) is 0 Å². The van der Waals surface area contributed by atoms with Gasteiger partial charge >= 0.3 is 0 Å². The summed E-state index contributed by atoms with van der Waals surface area (Å²) < 4.78 is 31.0. The minimum Gasteiger partial charge on any atom is -0.493 e. The molecule has 1 aromatic heterocycles. The van der Waals surface area contributed by atoms with Crippen molar-refractivity contribution in [3.05, 3.63) is 39.8 Å². The van der Waals surface area contributed by atoms with Crippen LogP contribution >= 0.6 is 27.5 Å². The summed E-state index contributed by atoms with van der Waals surface area (Å²) in [5.41, 5.74) is 0.665. The van der Waals surface area contributed by atoms with Gasteiger partial charge in [-0.2, -0.15) is 0 Å². The van der Waals surface area contributed by atoms with Crippen LogP contribution < -0.4 is 19.5 Å². The van der Waals surface area contributed by atoms with Gasteiger partial charge in [-0.05, 0) is 34.1 Å². The van der Waals surface area contributed by atoms with Crippen molar-refractivity contribution in [3.8, 4) is 17.2 Å². The monoisotopic (exact) mass is 441 g/mol. The van der Waals surface area contributed by atoms with Gasteiger partial charge < -0.3 is 19.5 Å². The fraction of sp³-hybridized carbons (Fsp3) is 0.176. The third kappa shape index (κ3) is 3.10. The molecule has 1 N–H and O–H groups in total. The average molecular weight is 443 g/mol. The molecule has 136 valence electrons. The number of nitrogens with one attached hydrogen (secondary N) is 1. The first-order valence-electron chi connectivity index (χ1n) is 7.36. The molecule has 0 fully saturated rings. The summed E-state index contributed by atoms with van der Waals surface area (Å²) in [6.07, 6.45) is 1.34. The number of nitrogens with zero attached hydrogens (tertiary/aromatic N) is 2. The Morgan fingerprint density at radius 3 is 2.46 bits per heavy atom. The summed E-state index contributed by atoms with van der Waals surface area (Å²) in [6, 6.07) is 4.88. The number of anilines is 2. The van der Waals surface area contributed by atoms with Crippen LogP contribution in [0.1, 0.15) is 0 Å². The number of benzene rings is 2. The molecule has 0 spiro atoms. The molecule has 0 amide bonds. The van der Waals surface area contributed by atoms with Gasteiger partial charge in [0.25, 0.3) is 0 Å². The highest BCUT2D eigenvalue weighted by Gasteiger charge is 2.20. The highest BCUT2D eigenvalue weighted by Crippen LogP contribution is 2.44. The molecule has 2 aromatic carbocycles. The lowest BCUT2D eigenvalue weighted by Crippen LogP contribution is -2.02. The van der Waals surface area contributed by atoms with Gasteiger partial charge in [0.1, 0.15) is 17.7 Å². The van der Waals surface area contributed by atoms with Crippen molar-refractivity contribution in [1.82, 2.24) is 9.97 Å². The van der Waals surface area contributed by atoms with Crippen molar-refractivity contribution < 1.29 is 18.6 Å². The number of hydrogen-bond donors (Lipinski definition) is 1. The van der Waals surface area contributed by atoms with E-state index in [1.807, 2.05) is 0 Å². The SMILES string of the molecule is COc1cc2c(Nc3ccc(Br)c(Cl)c3F)ncnc2c(OC)c1OC. The van der Waals surface area contributed by atoms with E-state index in [1.165, 1.54) is 27.7 Å². The van der Waals surface area contributed by atoms with Gasteiger partial charge in [-0.15, -0.1) is 0 Å². The van der Waals surface area contributed by atoms with E-state index >= 15 is 0 Å². The van der Waals surface area contributed by atoms with Crippen molar-refractivity contribution in [1.29, 1.82) is 0 Å². The fourth-order valence-electron chi connectivity index (χ4n) is 2.51. The minimum absolute atomic E-state index is 0.0230. The van der Waals surface area contributed by atoms with Gasteiger partial charge in [0, 0.05) is 4.47 Å². The Hall–Kier alpha value is -2.32. The number of fused-ring (bicyclic) bond motifs is 1. The molecule has 3 rings (SSSR count). The lowest BCUT2D eigenvalue weighted by molar-refractivity contribution is 0.327. The summed E-state index contributed by atoms with van der Waals surface area (Å²) in [6.45, 7) is 0. The van der Waals surface area contributed by atoms with Gasteiger partial charge in [-0.25, -0.2) is 14.4 Å². The maximum Gasteiger partial charge on any atom is 0.205 e. The maximum atomic E-state index is 14.4. The second-order valence-corrected chi connectivity index (χ2v) is 6.34. The van der Waals surface area contributed by atoms with Crippen LogP contribution in [0.3, 0.4) is 0 Å². The summed E-state index contributed by atoms with van der Waals surface area (Å²) in [5.74, 6) is 1.00. The van der Waals surface area contributed by atoms with Crippen LogP contribution in [0.5, 0.6) is 17.2 Å². The summed E-state index contributed by atoms with van der Waals surface area (Å²) in [4.78, 5) is 8.46. The van der Waals surface area contributed by atoms with E-state index in [0.717, 1.165) is 0 Å². The van der Waals surface area contributed by atoms with Crippen LogP contribution in [0.15, 0.2) is 29.0 Å². The summed E-state index contributed by atoms with van der Waals surface area (Å²) >= 11 is 9.14. The van der Waals surface area contributed by atoms with Crippen LogP contribution in [0.25, 0.3) is 10.9 Å². The van der Waals surface area contributed by atoms with Gasteiger partial charge in [-0.1, -0.05) is 11.6 Å². The molecule has 0 aliphatic carbocycles. The zero-order chi connectivity index (χ0) is 18.8. The lowest BCUT2D eigenvalue weighted by Gasteiger charge is -2.16. The van der Waals surface area contributed by atoms with E-state index in [9.17, 15) is 4.39 Å². The summed E-state index contributed by atoms with van der Waals surface area (Å²) in [7, 11) is 4.51. The van der Waals surface area contributed by atoms with Crippen LogP contribution in [0.4, 0.5) is 15.9 Å². The van der Waals surface area contributed by atoms with Crippen molar-refractivity contribution in [3.63, 3.8) is 0 Å². The molecule has 1 heterocycles. The predicted octanol–water partition coefficient (Wildman–Crippen LogP) is 4.95. The Morgan fingerprint density at radius 2 is 1.81 bits per heavy atom. The lowest BCUT2D eigenvalue weighted by atomic mass is 10.1. The minimum atomic E-state index is -0.597. The molecule has 0 radical (unpaired) electrons. The molecule has 6 nitrogen and oxygen atoms in total. The van der Waals surface area contributed by atoms with E-state index < -0.39 is 5.82 Å². The zero-order valence-corrected chi connectivity index (χ0v) is 16.4. The second kappa shape index (κ2) is 7.51. The molecule has 3 aromatic rings. The number of methoxy groups -OCH3 is 3. The normalized spacial score (nSPS) is 10.7. The Balaban J connectivity index is 2.20. The number of ether oxygens (including phenoxy) is 3. The number of rotatable bonds is 5. The van der Waals surface area contributed by atoms with E-state index in [2.05, 4.69) is 31.2 Å². The molecular weight excluding hydrogens is 429 g/mol. The Morgan fingerprint density at radius 1 is 1.08 bits per heavy atom. The van der Waals surface area contributed by atoms with Crippen LogP contribution in [0, 0.1) is 5.82 Å². The smallest absolute Gasteiger partial charge is 0.205 e. The van der Waals surface area contributed by atoms with E-state index in [-0.39, 0.29) is 10.7 Å². The van der Waals surface area contributed by atoms with E-state index in [1.54, 1.807) is 18.2 Å². The Labute approximate surface area is 162 Å². The molecule has 9 heteroatoms. The van der Waals surface area contributed by atoms with Crippen molar-refractivity contribution in [2.75, 3.05) is 26.6 Å². The molecule has 0 atom stereocenters. The predicted molar refractivity (Wildman–Crippen MR) is 102 cm³/mol. The standard InChI is InChI=1S/C17H14BrClFN3O3/c1-24-11-6-8-14(16(26-3)15(11)25-2)21-7-22-17(8)23-10-5-4-9(18)12(19)13(10)20/h4-7H,1-3H3,(H,21,22,23). The van der Waals surface area contributed by atoms with Gasteiger partial charge in [0.15, 0.2) is 17.3 Å². The van der Waals surface area contributed by atoms with Crippen molar-refractivity contribution in [2.24, 2.45) is 0 Å². The first kappa shape index (κ1) is 18.5. The fourth-order valence-corrected chi connectivity index (χ4v) is 2.98. The largest absolute Gasteiger partial charge is 0.493 e. The maximum absolute atomic E-state index is 14.4. The van der Waals surface area contributed by atoms with E-state index in [0.29, 0.717) is 38.4 Å². The van der Waals surface area contributed by atoms with Gasteiger partial charge in [-0.3, -0.25) is 0 Å². The van der Waals surface area contributed by atoms with Crippen LogP contribution in [-0.4, -0.2) is 31.3 Å². The number of hydrogen-bond acceptors (Lipinski definition) is 6. The second-order valence-electron chi connectivity index (χ2n) is 5.11. The van der Waals surface area contributed by atoms with Crippen molar-refractivity contribution >= 4 is 49.9 Å². The highest BCUT2D eigenvalue weighted by atomic mass is 79.9. The average Bonchev–Trinajstić information content (AvgIpc) is 2.66. The molecule has 0 aliphatic heterocycles. The summed E-state index contributed by atoms with van der Waals surface area (Å²) in [5, 5.41) is 3.49.